The lowest BCUT2D eigenvalue weighted by Crippen LogP contribution is -2.24. The number of hydrogen-bond acceptors (Lipinski definition) is 2. The summed E-state index contributed by atoms with van der Waals surface area (Å²) in [5.74, 6) is 0. The van der Waals surface area contributed by atoms with Crippen molar-refractivity contribution < 1.29 is 9.90 Å². The van der Waals surface area contributed by atoms with E-state index in [-0.39, 0.29) is 6.54 Å². The zero-order valence-electron chi connectivity index (χ0n) is 4.46. The summed E-state index contributed by atoms with van der Waals surface area (Å²) in [5.41, 5.74) is 0. The average molecular weight is 114 g/mol. The van der Waals surface area contributed by atoms with Crippen LogP contribution in [0.3, 0.4) is 0 Å². The van der Waals surface area contributed by atoms with Crippen molar-refractivity contribution in [3.63, 3.8) is 0 Å². The van der Waals surface area contributed by atoms with Crippen LogP contribution in [0.4, 0.5) is 4.79 Å². The molecule has 0 fully saturated rings. The summed E-state index contributed by atoms with van der Waals surface area (Å²) in [6, 6.07) is 1.69. The fourth-order valence-electron chi connectivity index (χ4n) is 0.174. The molecule has 4 heteroatoms. The summed E-state index contributed by atoms with van der Waals surface area (Å²) in [6.45, 7) is -0.0741. The van der Waals surface area contributed by atoms with Crippen LogP contribution in [0.15, 0.2) is 0 Å². The molecule has 0 rings (SSSR count). The van der Waals surface area contributed by atoms with Crippen molar-refractivity contribution in [1.82, 2.24) is 4.90 Å². The molecule has 0 radical (unpaired) electrons. The van der Waals surface area contributed by atoms with Gasteiger partial charge < -0.3 is 5.11 Å². The van der Waals surface area contributed by atoms with Gasteiger partial charge in [-0.2, -0.15) is 5.26 Å². The van der Waals surface area contributed by atoms with E-state index >= 15 is 0 Å². The van der Waals surface area contributed by atoms with Crippen LogP contribution in [0, 0.1) is 11.3 Å². The van der Waals surface area contributed by atoms with E-state index in [1.54, 1.807) is 6.07 Å². The van der Waals surface area contributed by atoms with Crippen LogP contribution < -0.4 is 0 Å². The molecule has 0 aromatic carbocycles. The Bertz CT molecular complexity index is 126. The first kappa shape index (κ1) is 6.76. The van der Waals surface area contributed by atoms with Gasteiger partial charge in [0.15, 0.2) is 0 Å². The summed E-state index contributed by atoms with van der Waals surface area (Å²) >= 11 is 0. The first-order chi connectivity index (χ1) is 3.68. The van der Waals surface area contributed by atoms with Gasteiger partial charge in [-0.05, 0) is 0 Å². The number of carbonyl (C=O) groups is 1. The lowest BCUT2D eigenvalue weighted by Gasteiger charge is -2.04. The topological polar surface area (TPSA) is 64.3 Å². The molecule has 0 unspecified atom stereocenters. The second-order valence-corrected chi connectivity index (χ2v) is 1.30. The summed E-state index contributed by atoms with van der Waals surface area (Å²) in [6.07, 6.45) is -1.08. The van der Waals surface area contributed by atoms with Crippen LogP contribution in [-0.2, 0) is 0 Å². The maximum Gasteiger partial charge on any atom is 0.407 e. The molecule has 0 atom stereocenters. The van der Waals surface area contributed by atoms with E-state index in [4.69, 9.17) is 10.4 Å². The summed E-state index contributed by atoms with van der Waals surface area (Å²) in [4.78, 5) is 10.8. The lowest BCUT2D eigenvalue weighted by molar-refractivity contribution is 0.161. The van der Waals surface area contributed by atoms with Gasteiger partial charge in [0.2, 0.25) is 0 Å². The zero-order valence-corrected chi connectivity index (χ0v) is 4.46. The average Bonchev–Trinajstić information content (AvgIpc) is 1.67. The lowest BCUT2D eigenvalue weighted by atomic mass is 10.6. The van der Waals surface area contributed by atoms with E-state index in [2.05, 4.69) is 0 Å². The first-order valence-corrected chi connectivity index (χ1v) is 1.99. The molecule has 0 saturated carbocycles. The van der Waals surface area contributed by atoms with E-state index < -0.39 is 6.09 Å². The Hall–Kier alpha value is -1.24. The van der Waals surface area contributed by atoms with Gasteiger partial charge in [0.1, 0.15) is 6.54 Å². The number of hydrogen-bond donors (Lipinski definition) is 1. The molecular weight excluding hydrogens is 108 g/mol. The minimum atomic E-state index is -1.08. The standard InChI is InChI=1S/C4H6N2O2/c1-6(3-2-5)4(7)8/h3H2,1H3,(H,7,8). The van der Waals surface area contributed by atoms with Crippen molar-refractivity contribution in [2.45, 2.75) is 0 Å². The molecule has 0 saturated heterocycles. The minimum Gasteiger partial charge on any atom is -0.465 e. The Labute approximate surface area is 46.9 Å². The summed E-state index contributed by atoms with van der Waals surface area (Å²) < 4.78 is 0. The molecule has 0 aromatic rings. The second kappa shape index (κ2) is 2.86. The van der Waals surface area contributed by atoms with Gasteiger partial charge in [-0.25, -0.2) is 4.79 Å². The third-order valence-corrected chi connectivity index (χ3v) is 0.634. The Morgan fingerprint density at radius 2 is 2.50 bits per heavy atom. The molecule has 1 N–H and O–H groups in total. The van der Waals surface area contributed by atoms with Crippen LogP contribution >= 0.6 is 0 Å². The third-order valence-electron chi connectivity index (χ3n) is 0.634. The van der Waals surface area contributed by atoms with Crippen molar-refractivity contribution in [1.29, 1.82) is 5.26 Å². The Morgan fingerprint density at radius 3 is 2.62 bits per heavy atom. The van der Waals surface area contributed by atoms with Crippen molar-refractivity contribution in [3.05, 3.63) is 0 Å². The van der Waals surface area contributed by atoms with E-state index in [0.717, 1.165) is 4.90 Å². The van der Waals surface area contributed by atoms with E-state index in [1.165, 1.54) is 7.05 Å². The fourth-order valence-corrected chi connectivity index (χ4v) is 0.174. The Morgan fingerprint density at radius 1 is 2.00 bits per heavy atom. The van der Waals surface area contributed by atoms with Crippen molar-refractivity contribution in [2.24, 2.45) is 0 Å². The maximum absolute atomic E-state index is 9.86. The highest BCUT2D eigenvalue weighted by Crippen LogP contribution is 1.78. The largest absolute Gasteiger partial charge is 0.465 e. The van der Waals surface area contributed by atoms with Gasteiger partial charge in [0, 0.05) is 7.05 Å². The van der Waals surface area contributed by atoms with Crippen LogP contribution in [-0.4, -0.2) is 29.7 Å². The Balaban J connectivity index is 3.52. The molecule has 0 aromatic heterocycles. The number of carboxylic acid groups (broad SMARTS) is 1. The highest BCUT2D eigenvalue weighted by molar-refractivity contribution is 5.64. The van der Waals surface area contributed by atoms with E-state index in [1.807, 2.05) is 0 Å². The Kier molecular flexibility index (Phi) is 2.41. The number of nitriles is 1. The van der Waals surface area contributed by atoms with Gasteiger partial charge in [0.25, 0.3) is 0 Å². The maximum atomic E-state index is 9.86. The van der Waals surface area contributed by atoms with Gasteiger partial charge >= 0.3 is 6.09 Å². The van der Waals surface area contributed by atoms with Crippen molar-refractivity contribution in [3.8, 4) is 6.07 Å². The van der Waals surface area contributed by atoms with Crippen LogP contribution in [0.25, 0.3) is 0 Å². The smallest absolute Gasteiger partial charge is 0.407 e. The summed E-state index contributed by atoms with van der Waals surface area (Å²) in [7, 11) is 1.34. The van der Waals surface area contributed by atoms with Crippen molar-refractivity contribution >= 4 is 6.09 Å². The molecular formula is C4H6N2O2. The monoisotopic (exact) mass is 114 g/mol. The predicted molar refractivity (Wildman–Crippen MR) is 26.3 cm³/mol. The van der Waals surface area contributed by atoms with Crippen LogP contribution in [0.2, 0.25) is 0 Å². The minimum absolute atomic E-state index is 0.0741. The highest BCUT2D eigenvalue weighted by Gasteiger charge is 2.00. The van der Waals surface area contributed by atoms with Gasteiger partial charge in [0.05, 0.1) is 6.07 Å². The molecule has 0 aliphatic heterocycles. The molecule has 0 bridgehead atoms. The molecule has 0 spiro atoms. The van der Waals surface area contributed by atoms with Gasteiger partial charge in [-0.3, -0.25) is 4.90 Å². The second-order valence-electron chi connectivity index (χ2n) is 1.30. The highest BCUT2D eigenvalue weighted by atomic mass is 16.4. The fraction of sp³-hybridized carbons (Fsp3) is 0.500. The first-order valence-electron chi connectivity index (χ1n) is 1.99. The number of amides is 1. The van der Waals surface area contributed by atoms with Crippen LogP contribution in [0.1, 0.15) is 0 Å². The van der Waals surface area contributed by atoms with E-state index in [0.29, 0.717) is 0 Å². The normalized spacial score (nSPS) is 7.50. The molecule has 8 heavy (non-hydrogen) atoms. The molecule has 0 aliphatic rings. The number of nitrogens with zero attached hydrogens (tertiary/aromatic N) is 2. The molecule has 44 valence electrons. The van der Waals surface area contributed by atoms with Gasteiger partial charge in [-0.15, -0.1) is 0 Å². The van der Waals surface area contributed by atoms with Crippen molar-refractivity contribution in [2.75, 3.05) is 13.6 Å². The SMILES string of the molecule is CN(CC#N)C(=O)O. The molecule has 0 heterocycles. The molecule has 4 nitrogen and oxygen atoms in total. The van der Waals surface area contributed by atoms with E-state index in [9.17, 15) is 4.79 Å². The quantitative estimate of drug-likeness (QED) is 0.492. The number of rotatable bonds is 1. The van der Waals surface area contributed by atoms with Crippen LogP contribution in [0.5, 0.6) is 0 Å². The van der Waals surface area contributed by atoms with Gasteiger partial charge in [-0.1, -0.05) is 0 Å². The molecule has 0 aliphatic carbocycles. The predicted octanol–water partition coefficient (Wildman–Crippen LogP) is 0.120. The zero-order chi connectivity index (χ0) is 6.57. The molecule has 1 amide bonds. The summed E-state index contributed by atoms with van der Waals surface area (Å²) in [5, 5.41) is 16.0. The third kappa shape index (κ3) is 2.03.